The number of thiophene rings is 1. The monoisotopic (exact) mass is 1110 g/mol. The Kier molecular flexibility index (Phi) is 13.2. The first-order valence-corrected chi connectivity index (χ1v) is 31.5. The zero-order valence-electron chi connectivity index (χ0n) is 53.3. The van der Waals surface area contributed by atoms with Crippen LogP contribution in [-0.4, -0.2) is 6.71 Å². The van der Waals surface area contributed by atoms with E-state index >= 15 is 0 Å². The molecule has 1 aromatic heterocycles. The van der Waals surface area contributed by atoms with Gasteiger partial charge in [-0.05, 0) is 191 Å². The van der Waals surface area contributed by atoms with Crippen LogP contribution in [0.5, 0.6) is 0 Å². The van der Waals surface area contributed by atoms with Gasteiger partial charge in [0.1, 0.15) is 0 Å². The molecule has 0 saturated carbocycles. The largest absolute Gasteiger partial charge is 0.311 e. The Morgan fingerprint density at radius 2 is 0.904 bits per heavy atom. The van der Waals surface area contributed by atoms with Gasteiger partial charge in [-0.1, -0.05) is 210 Å². The summed E-state index contributed by atoms with van der Waals surface area (Å²) in [5.41, 5.74) is 25.5. The normalized spacial score (nSPS) is 15.7. The molecule has 5 heteroatoms. The predicted octanol–water partition coefficient (Wildman–Crippen LogP) is 21.0. The number of hydrogen-bond acceptors (Lipinski definition) is 4. The summed E-state index contributed by atoms with van der Waals surface area (Å²) in [6.45, 7) is 44.6. The van der Waals surface area contributed by atoms with Crippen molar-refractivity contribution in [3.8, 4) is 11.1 Å². The van der Waals surface area contributed by atoms with Crippen molar-refractivity contribution in [2.45, 2.75) is 182 Å². The maximum Gasteiger partial charge on any atom is 0.264 e. The third kappa shape index (κ3) is 9.85. The van der Waals surface area contributed by atoms with E-state index < -0.39 is 0 Å². The minimum absolute atomic E-state index is 0.0202. The highest BCUT2D eigenvalue weighted by Crippen LogP contribution is 2.54. The molecule has 3 heterocycles. The van der Waals surface area contributed by atoms with Crippen LogP contribution in [0, 0.1) is 0 Å². The molecular formula is C78H88BN3S. The van der Waals surface area contributed by atoms with Crippen molar-refractivity contribution in [3.05, 3.63) is 203 Å². The summed E-state index contributed by atoms with van der Waals surface area (Å²) in [5, 5.41) is 1.33. The topological polar surface area (TPSA) is 9.72 Å². The lowest BCUT2D eigenvalue weighted by molar-refractivity contribution is 0.332. The molecule has 0 radical (unpaired) electrons. The van der Waals surface area contributed by atoms with Crippen molar-refractivity contribution in [3.63, 3.8) is 0 Å². The van der Waals surface area contributed by atoms with Crippen LogP contribution in [0.3, 0.4) is 0 Å². The van der Waals surface area contributed by atoms with E-state index in [-0.39, 0.29) is 44.6 Å². The van der Waals surface area contributed by atoms with Gasteiger partial charge >= 0.3 is 0 Å². The summed E-state index contributed by atoms with van der Waals surface area (Å²) in [6, 6.07) is 64.9. The van der Waals surface area contributed by atoms with Gasteiger partial charge in [-0.25, -0.2) is 0 Å². The van der Waals surface area contributed by atoms with Crippen LogP contribution in [0.25, 0.3) is 21.2 Å². The molecule has 424 valence electrons. The number of nitrogens with zero attached hydrogens (tertiary/aromatic N) is 3. The van der Waals surface area contributed by atoms with Crippen molar-refractivity contribution >= 4 is 95.0 Å². The Hall–Kier alpha value is -6.82. The smallest absolute Gasteiger partial charge is 0.264 e. The average molecular weight is 1110 g/mol. The number of benzene rings is 8. The van der Waals surface area contributed by atoms with Gasteiger partial charge in [0.15, 0.2) is 0 Å². The number of rotatable bonds is 6. The Bertz CT molecular complexity index is 3930. The molecule has 3 aliphatic rings. The molecule has 0 fully saturated rings. The molecule has 0 N–H and O–H groups in total. The van der Waals surface area contributed by atoms with Crippen LogP contribution >= 0.6 is 11.3 Å². The van der Waals surface area contributed by atoms with Crippen molar-refractivity contribution in [1.82, 2.24) is 0 Å². The zero-order chi connectivity index (χ0) is 59.3. The van der Waals surface area contributed by atoms with Crippen LogP contribution in [0.4, 0.5) is 51.2 Å². The number of anilines is 9. The fraction of sp³-hybridized carbons (Fsp3) is 0.359. The van der Waals surface area contributed by atoms with E-state index in [1.807, 2.05) is 11.3 Å². The van der Waals surface area contributed by atoms with Gasteiger partial charge < -0.3 is 14.7 Å². The van der Waals surface area contributed by atoms with Gasteiger partial charge in [-0.2, -0.15) is 0 Å². The van der Waals surface area contributed by atoms with Gasteiger partial charge in [0, 0.05) is 60.2 Å². The molecular weight excluding hydrogens is 1020 g/mol. The van der Waals surface area contributed by atoms with E-state index in [4.69, 9.17) is 0 Å². The molecule has 83 heavy (non-hydrogen) atoms. The molecule has 0 spiro atoms. The fourth-order valence-corrected chi connectivity index (χ4v) is 14.8. The lowest BCUT2D eigenvalue weighted by Crippen LogP contribution is -2.60. The molecule has 9 aromatic rings. The Labute approximate surface area is 502 Å². The summed E-state index contributed by atoms with van der Waals surface area (Å²) in [7, 11) is 0. The molecule has 2 aliphatic heterocycles. The van der Waals surface area contributed by atoms with E-state index in [1.165, 1.54) is 116 Å². The van der Waals surface area contributed by atoms with Crippen LogP contribution < -0.4 is 30.4 Å². The molecule has 1 aliphatic carbocycles. The predicted molar refractivity (Wildman–Crippen MR) is 365 cm³/mol. The summed E-state index contributed by atoms with van der Waals surface area (Å²) < 4.78 is 2.72. The van der Waals surface area contributed by atoms with E-state index in [9.17, 15) is 0 Å². The van der Waals surface area contributed by atoms with Crippen molar-refractivity contribution in [1.29, 1.82) is 0 Å². The minimum atomic E-state index is -0.0716. The highest BCUT2D eigenvalue weighted by Gasteiger charge is 2.47. The molecule has 3 nitrogen and oxygen atoms in total. The summed E-state index contributed by atoms with van der Waals surface area (Å²) in [4.78, 5) is 7.83. The second kappa shape index (κ2) is 19.4. The van der Waals surface area contributed by atoms with E-state index in [0.717, 1.165) is 23.5 Å². The molecule has 0 bridgehead atoms. The van der Waals surface area contributed by atoms with Crippen LogP contribution in [0.1, 0.15) is 183 Å². The lowest BCUT2D eigenvalue weighted by atomic mass is 9.36. The molecule has 12 rings (SSSR count). The Morgan fingerprint density at radius 3 is 1.46 bits per heavy atom. The average Bonchev–Trinajstić information content (AvgIpc) is 1.74. The first-order chi connectivity index (χ1) is 38.8. The van der Waals surface area contributed by atoms with Crippen LogP contribution in [-0.2, 0) is 37.9 Å². The maximum absolute atomic E-state index is 2.69. The Balaban J connectivity index is 1.17. The summed E-state index contributed by atoms with van der Waals surface area (Å²) in [5.74, 6) is 0. The fourth-order valence-electron chi connectivity index (χ4n) is 13.5. The van der Waals surface area contributed by atoms with E-state index in [1.54, 1.807) is 0 Å². The third-order valence-electron chi connectivity index (χ3n) is 18.9. The molecule has 0 atom stereocenters. The van der Waals surface area contributed by atoms with Crippen LogP contribution in [0.2, 0.25) is 0 Å². The molecule has 0 saturated heterocycles. The lowest BCUT2D eigenvalue weighted by Gasteiger charge is -2.45. The summed E-state index contributed by atoms with van der Waals surface area (Å²) >= 11 is 1.99. The van der Waals surface area contributed by atoms with Gasteiger partial charge in [0.05, 0.1) is 11.4 Å². The molecule has 8 aromatic carbocycles. The minimum Gasteiger partial charge on any atom is -0.311 e. The zero-order valence-corrected chi connectivity index (χ0v) is 54.1. The second-order valence-electron chi connectivity index (χ2n) is 31.1. The highest BCUT2D eigenvalue weighted by atomic mass is 32.1. The quantitative estimate of drug-likeness (QED) is 0.154. The standard InChI is InChI=1S/C78H88BN3S/c1-72(2,3)50-25-23-49(24-26-50)59-45-53(75(10,11)12)31-41-64(59)82-66-22-20-21-65-69(66)79(63-40-38-58(48-67(63)82)80(55-33-27-51(28-34-55)73(4,5)6)56-35-29-52(30-36-56)74(7,8)9)71-70(60-46-54(76(13,14)15)32-42-68(60)83-71)81(65)57-37-39-61-62(47-57)78(18,19)44-43-77(61,16)17/h20-42,45-48H,43-44H2,1-19H3. The SMILES string of the molecule is CC(C)(C)c1ccc(-c2cc(C(C)(C)C)ccc2N2c3cc(N(c4ccc(C(C)(C)C)cc4)c4ccc(C(C)(C)C)cc4)ccc3B3c4sc5ccc(C(C)(C)C)cc5c4N(c4ccc5c(c4)C(C)(C)CCC5(C)C)c4cccc2c43)cc1. The van der Waals surface area contributed by atoms with Crippen LogP contribution in [0.15, 0.2) is 164 Å². The van der Waals surface area contributed by atoms with E-state index in [2.05, 4.69) is 310 Å². The van der Waals surface area contributed by atoms with Crippen molar-refractivity contribution in [2.24, 2.45) is 0 Å². The molecule has 0 unspecified atom stereocenters. The highest BCUT2D eigenvalue weighted by molar-refractivity contribution is 7.33. The first kappa shape index (κ1) is 56.7. The van der Waals surface area contributed by atoms with Gasteiger partial charge in [-0.3, -0.25) is 0 Å². The third-order valence-corrected chi connectivity index (χ3v) is 20.2. The second-order valence-corrected chi connectivity index (χ2v) is 32.2. The van der Waals surface area contributed by atoms with Crippen molar-refractivity contribution in [2.75, 3.05) is 14.7 Å². The van der Waals surface area contributed by atoms with E-state index in [0.29, 0.717) is 0 Å². The number of hydrogen-bond donors (Lipinski definition) is 0. The number of fused-ring (bicyclic) bond motifs is 7. The van der Waals surface area contributed by atoms with Gasteiger partial charge in [-0.15, -0.1) is 11.3 Å². The molecule has 0 amide bonds. The van der Waals surface area contributed by atoms with Gasteiger partial charge in [0.25, 0.3) is 6.71 Å². The van der Waals surface area contributed by atoms with Crippen molar-refractivity contribution < 1.29 is 0 Å². The summed E-state index contributed by atoms with van der Waals surface area (Å²) in [6.07, 6.45) is 2.34. The Morgan fingerprint density at radius 1 is 0.422 bits per heavy atom. The maximum atomic E-state index is 2.69. The first-order valence-electron chi connectivity index (χ1n) is 30.7. The van der Waals surface area contributed by atoms with Gasteiger partial charge in [0.2, 0.25) is 0 Å².